The van der Waals surface area contributed by atoms with Gasteiger partial charge in [0, 0.05) is 28.4 Å². The summed E-state index contributed by atoms with van der Waals surface area (Å²) in [4.78, 5) is 58.4. The van der Waals surface area contributed by atoms with E-state index in [0.717, 1.165) is 26.8 Å². The minimum atomic E-state index is -1.18. The highest BCUT2D eigenvalue weighted by atomic mass is 32.2. The van der Waals surface area contributed by atoms with E-state index in [1.807, 2.05) is 18.3 Å². The van der Waals surface area contributed by atoms with Crippen LogP contribution in [-0.2, 0) is 14.4 Å². The van der Waals surface area contributed by atoms with Gasteiger partial charge in [-0.2, -0.15) is 0 Å². The van der Waals surface area contributed by atoms with Gasteiger partial charge in [0.1, 0.15) is 6.54 Å². The van der Waals surface area contributed by atoms with Crippen LogP contribution in [0.4, 0.5) is 0 Å². The number of fused-ring (bicyclic) bond motifs is 9. The van der Waals surface area contributed by atoms with Crippen molar-refractivity contribution in [2.45, 2.75) is 22.6 Å². The van der Waals surface area contributed by atoms with E-state index in [4.69, 9.17) is 5.11 Å². The van der Waals surface area contributed by atoms with Crippen LogP contribution in [0, 0.1) is 29.6 Å². The molecular formula is C20H17N3O5S2. The fourth-order valence-electron chi connectivity index (χ4n) is 6.30. The molecule has 0 aromatic carbocycles. The van der Waals surface area contributed by atoms with E-state index in [9.17, 15) is 19.2 Å². The van der Waals surface area contributed by atoms with E-state index in [1.54, 1.807) is 18.0 Å². The number of carboxylic acid groups (broad SMARTS) is 1. The number of thioether (sulfide) groups is 1. The number of nitrogens with zero attached hydrogens (tertiary/aromatic N) is 2. The largest absolute Gasteiger partial charge is 0.480 e. The van der Waals surface area contributed by atoms with Crippen LogP contribution < -0.4 is 4.87 Å². The zero-order chi connectivity index (χ0) is 20.7. The average Bonchev–Trinajstić information content (AvgIpc) is 3.44. The van der Waals surface area contributed by atoms with Crippen LogP contribution in [0.25, 0.3) is 0 Å². The zero-order valence-corrected chi connectivity index (χ0v) is 17.2. The number of hydrogen-bond acceptors (Lipinski definition) is 7. The molecule has 2 amide bonds. The molecule has 10 heteroatoms. The summed E-state index contributed by atoms with van der Waals surface area (Å²) < 4.78 is 0. The van der Waals surface area contributed by atoms with Gasteiger partial charge in [-0.15, -0.1) is 11.8 Å². The molecule has 154 valence electrons. The lowest BCUT2D eigenvalue weighted by molar-refractivity contribution is -0.149. The molecule has 2 bridgehead atoms. The van der Waals surface area contributed by atoms with Crippen LogP contribution in [0.3, 0.4) is 0 Å². The normalized spacial score (nSPS) is 36.0. The number of pyridine rings is 1. The van der Waals surface area contributed by atoms with Gasteiger partial charge < -0.3 is 10.1 Å². The number of aromatic nitrogens is 2. The quantitative estimate of drug-likeness (QED) is 0.688. The third kappa shape index (κ3) is 2.31. The molecule has 2 aromatic heterocycles. The van der Waals surface area contributed by atoms with Crippen LogP contribution >= 0.6 is 23.1 Å². The fraction of sp³-hybridized carbons (Fsp3) is 0.450. The molecule has 0 radical (unpaired) electrons. The molecule has 4 aliphatic rings. The fourth-order valence-corrected chi connectivity index (χ4v) is 9.19. The van der Waals surface area contributed by atoms with E-state index >= 15 is 0 Å². The number of thiazole rings is 1. The molecule has 0 unspecified atom stereocenters. The number of aliphatic carboxylic acids is 1. The topological polar surface area (TPSA) is 120 Å². The molecule has 2 aromatic rings. The highest BCUT2D eigenvalue weighted by molar-refractivity contribution is 8.00. The van der Waals surface area contributed by atoms with Crippen molar-refractivity contribution in [1.29, 1.82) is 0 Å². The minimum Gasteiger partial charge on any atom is -0.480 e. The number of carboxylic acids is 1. The lowest BCUT2D eigenvalue weighted by Gasteiger charge is -2.42. The number of carbonyl (C=O) groups excluding carboxylic acids is 2. The third-order valence-corrected chi connectivity index (χ3v) is 9.74. The summed E-state index contributed by atoms with van der Waals surface area (Å²) in [5, 5.41) is 10.1. The highest BCUT2D eigenvalue weighted by Crippen LogP contribution is 2.68. The Morgan fingerprint density at radius 2 is 2.00 bits per heavy atom. The van der Waals surface area contributed by atoms with Gasteiger partial charge in [-0.3, -0.25) is 29.1 Å². The Bertz CT molecular complexity index is 1140. The van der Waals surface area contributed by atoms with Crippen LogP contribution in [-0.4, -0.2) is 49.6 Å². The maximum absolute atomic E-state index is 13.1. The smallest absolute Gasteiger partial charge is 0.323 e. The number of nitrogens with one attached hydrogen (secondary N) is 1. The number of amides is 2. The molecule has 30 heavy (non-hydrogen) atoms. The Labute approximate surface area is 178 Å². The number of carbonyl (C=O) groups is 3. The Kier molecular flexibility index (Phi) is 3.83. The van der Waals surface area contributed by atoms with Crippen molar-refractivity contribution < 1.29 is 19.5 Å². The van der Waals surface area contributed by atoms with Crippen molar-refractivity contribution in [1.82, 2.24) is 14.9 Å². The molecule has 2 aliphatic carbocycles. The van der Waals surface area contributed by atoms with Crippen LogP contribution in [0.1, 0.15) is 22.8 Å². The first-order valence-corrected chi connectivity index (χ1v) is 11.5. The van der Waals surface area contributed by atoms with Crippen molar-refractivity contribution in [3.63, 3.8) is 0 Å². The molecule has 2 aliphatic heterocycles. The van der Waals surface area contributed by atoms with E-state index in [2.05, 4.69) is 9.97 Å². The number of rotatable bonds is 3. The molecule has 2 N–H and O–H groups in total. The molecule has 4 heterocycles. The first-order chi connectivity index (χ1) is 14.5. The second kappa shape index (κ2) is 6.27. The second-order valence-corrected chi connectivity index (χ2v) is 10.6. The Morgan fingerprint density at radius 1 is 1.23 bits per heavy atom. The SMILES string of the molecule is O=C(O)CN1C(=O)[C@@H]2[C@H]3C[C@@H]([C@@H]2C1=O)[C@@H]1[C@@H](c2cccnc2)c2sc(=O)[nH]c2S[C@H]31. The van der Waals surface area contributed by atoms with Crippen molar-refractivity contribution in [2.75, 3.05) is 6.54 Å². The first-order valence-electron chi connectivity index (χ1n) is 9.82. The van der Waals surface area contributed by atoms with Crippen molar-refractivity contribution in [3.05, 3.63) is 44.6 Å². The van der Waals surface area contributed by atoms with E-state index in [1.165, 1.54) is 11.3 Å². The van der Waals surface area contributed by atoms with Gasteiger partial charge >= 0.3 is 10.8 Å². The third-order valence-electron chi connectivity index (χ3n) is 7.15. The average molecular weight is 444 g/mol. The van der Waals surface area contributed by atoms with Crippen LogP contribution in [0.5, 0.6) is 0 Å². The molecule has 6 rings (SSSR count). The van der Waals surface area contributed by atoms with E-state index in [-0.39, 0.29) is 45.6 Å². The summed E-state index contributed by atoms with van der Waals surface area (Å²) in [6.45, 7) is -0.570. The molecule has 2 saturated carbocycles. The maximum atomic E-state index is 13.1. The highest BCUT2D eigenvalue weighted by Gasteiger charge is 2.69. The Morgan fingerprint density at radius 3 is 2.70 bits per heavy atom. The summed E-state index contributed by atoms with van der Waals surface area (Å²) in [6.07, 6.45) is 4.30. The summed E-state index contributed by atoms with van der Waals surface area (Å²) in [5.41, 5.74) is 1.01. The van der Waals surface area contributed by atoms with Gasteiger partial charge in [0.25, 0.3) is 0 Å². The molecule has 7 atom stereocenters. The number of likely N-dealkylation sites (tertiary alicyclic amines) is 1. The molecular weight excluding hydrogens is 426 g/mol. The predicted molar refractivity (Wildman–Crippen MR) is 107 cm³/mol. The molecule has 8 nitrogen and oxygen atoms in total. The Hall–Kier alpha value is -2.46. The summed E-state index contributed by atoms with van der Waals surface area (Å²) in [6, 6.07) is 3.87. The van der Waals surface area contributed by atoms with Gasteiger partial charge in [-0.1, -0.05) is 17.4 Å². The number of aromatic amines is 1. The predicted octanol–water partition coefficient (Wildman–Crippen LogP) is 1.39. The molecule has 1 saturated heterocycles. The second-order valence-electron chi connectivity index (χ2n) is 8.40. The summed E-state index contributed by atoms with van der Waals surface area (Å²) >= 11 is 2.82. The van der Waals surface area contributed by atoms with Crippen molar-refractivity contribution >= 4 is 40.9 Å². The van der Waals surface area contributed by atoms with Crippen molar-refractivity contribution in [3.8, 4) is 0 Å². The maximum Gasteiger partial charge on any atom is 0.323 e. The summed E-state index contributed by atoms with van der Waals surface area (Å²) in [5.74, 6) is -2.74. The molecule has 0 spiro atoms. The first kappa shape index (κ1) is 18.3. The number of hydrogen-bond donors (Lipinski definition) is 2. The van der Waals surface area contributed by atoms with Gasteiger partial charge in [0.2, 0.25) is 11.8 Å². The standard InChI is InChI=1S/C20H17N3O5S2/c24-10(25)6-23-18(26)13-8-4-9(14(13)19(23)27)15-12(8)11(7-2-1-3-21-5-7)16-17(29-15)22-20(28)30-16/h1-3,5,8-9,11-15H,4,6H2,(H,22,28)(H,24,25)/t8-,9-,11-,12-,13+,14-,15-/m1/s1. The molecule has 3 fully saturated rings. The van der Waals surface area contributed by atoms with Gasteiger partial charge in [0.05, 0.1) is 16.9 Å². The van der Waals surface area contributed by atoms with Crippen LogP contribution in [0.15, 0.2) is 34.3 Å². The number of imide groups is 1. The van der Waals surface area contributed by atoms with E-state index in [0.29, 0.717) is 0 Å². The van der Waals surface area contributed by atoms with E-state index < -0.39 is 24.3 Å². The zero-order valence-electron chi connectivity index (χ0n) is 15.6. The lowest BCUT2D eigenvalue weighted by atomic mass is 9.68. The van der Waals surface area contributed by atoms with Gasteiger partial charge in [-0.25, -0.2) is 0 Å². The minimum absolute atomic E-state index is 0.000897. The van der Waals surface area contributed by atoms with Gasteiger partial charge in [-0.05, 0) is 35.8 Å². The van der Waals surface area contributed by atoms with Crippen molar-refractivity contribution in [2.24, 2.45) is 29.6 Å². The number of H-pyrrole nitrogens is 1. The van der Waals surface area contributed by atoms with Crippen LogP contribution in [0.2, 0.25) is 0 Å². The van der Waals surface area contributed by atoms with Gasteiger partial charge in [0.15, 0.2) is 0 Å². The summed E-state index contributed by atoms with van der Waals surface area (Å²) in [7, 11) is 0. The Balaban J connectivity index is 1.45. The lowest BCUT2D eigenvalue weighted by Crippen LogP contribution is -2.42. The monoisotopic (exact) mass is 443 g/mol.